The number of thiophene rings is 1. The molecular formula is C20H22N2O2S. The van der Waals surface area contributed by atoms with Crippen LogP contribution >= 0.6 is 11.3 Å². The van der Waals surface area contributed by atoms with Crippen LogP contribution in [-0.2, 0) is 24.1 Å². The molecule has 4 nitrogen and oxygen atoms in total. The molecule has 130 valence electrons. The molecule has 3 rings (SSSR count). The van der Waals surface area contributed by atoms with Gasteiger partial charge in [-0.05, 0) is 55.4 Å². The highest BCUT2D eigenvalue weighted by molar-refractivity contribution is 7.16. The molecule has 5 heteroatoms. The number of fused-ring (bicyclic) bond motifs is 1. The lowest BCUT2D eigenvalue weighted by Crippen LogP contribution is -2.14. The van der Waals surface area contributed by atoms with E-state index in [0.29, 0.717) is 10.6 Å². The zero-order chi connectivity index (χ0) is 17.8. The summed E-state index contributed by atoms with van der Waals surface area (Å²) >= 11 is 1.57. The quantitative estimate of drug-likeness (QED) is 0.829. The summed E-state index contributed by atoms with van der Waals surface area (Å²) in [5.74, 6) is 0.732. The fraction of sp³-hybridized carbons (Fsp3) is 0.400. The molecule has 1 aromatic carbocycles. The molecule has 1 N–H and O–H groups in total. The minimum atomic E-state index is -0.0857. The van der Waals surface area contributed by atoms with E-state index >= 15 is 0 Å². The molecule has 0 radical (unpaired) electrons. The Morgan fingerprint density at radius 3 is 2.84 bits per heavy atom. The van der Waals surface area contributed by atoms with Crippen LogP contribution in [0.2, 0.25) is 0 Å². The first kappa shape index (κ1) is 17.5. The number of hydrogen-bond acceptors (Lipinski definition) is 4. The van der Waals surface area contributed by atoms with Crippen molar-refractivity contribution in [1.29, 1.82) is 5.26 Å². The van der Waals surface area contributed by atoms with E-state index in [4.69, 9.17) is 4.74 Å². The second kappa shape index (κ2) is 7.71. The van der Waals surface area contributed by atoms with Gasteiger partial charge in [0.1, 0.15) is 16.8 Å². The van der Waals surface area contributed by atoms with E-state index < -0.39 is 0 Å². The van der Waals surface area contributed by atoms with Crippen molar-refractivity contribution in [3.63, 3.8) is 0 Å². The van der Waals surface area contributed by atoms with Gasteiger partial charge in [-0.1, -0.05) is 18.6 Å². The summed E-state index contributed by atoms with van der Waals surface area (Å²) in [5, 5.41) is 13.2. The number of carbonyl (C=O) groups excluding carboxylic acids is 1. The van der Waals surface area contributed by atoms with Crippen LogP contribution in [0, 0.1) is 18.3 Å². The molecule has 2 aromatic rings. The monoisotopic (exact) mass is 354 g/mol. The molecule has 25 heavy (non-hydrogen) atoms. The topological polar surface area (TPSA) is 62.1 Å². The average Bonchev–Trinajstić information content (AvgIpc) is 2.75. The van der Waals surface area contributed by atoms with Crippen LogP contribution < -0.4 is 10.1 Å². The minimum Gasteiger partial charge on any atom is -0.496 e. The fourth-order valence-electron chi connectivity index (χ4n) is 3.36. The second-order valence-electron chi connectivity index (χ2n) is 6.41. The highest BCUT2D eigenvalue weighted by Crippen LogP contribution is 2.37. The number of nitriles is 1. The highest BCUT2D eigenvalue weighted by atomic mass is 32.1. The first-order chi connectivity index (χ1) is 12.1. The SMILES string of the molecule is COc1ccc(CC(=O)Nc2sc3c(c2C#N)CCCCC3)cc1C. The van der Waals surface area contributed by atoms with Crippen molar-refractivity contribution < 1.29 is 9.53 Å². The van der Waals surface area contributed by atoms with E-state index in [1.807, 2.05) is 25.1 Å². The summed E-state index contributed by atoms with van der Waals surface area (Å²) in [6.07, 6.45) is 5.75. The molecule has 1 heterocycles. The predicted molar refractivity (Wildman–Crippen MR) is 100 cm³/mol. The van der Waals surface area contributed by atoms with E-state index in [-0.39, 0.29) is 12.3 Å². The summed E-state index contributed by atoms with van der Waals surface area (Å²) in [4.78, 5) is 13.7. The molecule has 1 aliphatic rings. The highest BCUT2D eigenvalue weighted by Gasteiger charge is 2.21. The van der Waals surface area contributed by atoms with Gasteiger partial charge in [-0.2, -0.15) is 5.26 Å². The number of ether oxygens (including phenoxy) is 1. The zero-order valence-electron chi connectivity index (χ0n) is 14.6. The number of nitrogens with one attached hydrogen (secondary N) is 1. The van der Waals surface area contributed by atoms with Crippen LogP contribution in [0.15, 0.2) is 18.2 Å². The lowest BCUT2D eigenvalue weighted by Gasteiger charge is -2.08. The van der Waals surface area contributed by atoms with Crippen molar-refractivity contribution in [2.24, 2.45) is 0 Å². The summed E-state index contributed by atoms with van der Waals surface area (Å²) in [6, 6.07) is 8.05. The summed E-state index contributed by atoms with van der Waals surface area (Å²) in [6.45, 7) is 1.96. The molecule has 1 aliphatic carbocycles. The molecule has 1 aromatic heterocycles. The number of amides is 1. The van der Waals surface area contributed by atoms with Gasteiger partial charge in [-0.15, -0.1) is 11.3 Å². The minimum absolute atomic E-state index is 0.0857. The molecule has 0 fully saturated rings. The third kappa shape index (κ3) is 3.85. The van der Waals surface area contributed by atoms with Crippen LogP contribution in [0.1, 0.15) is 46.4 Å². The maximum atomic E-state index is 12.5. The molecule has 0 spiro atoms. The Morgan fingerprint density at radius 2 is 2.12 bits per heavy atom. The van der Waals surface area contributed by atoms with Crippen molar-refractivity contribution in [2.45, 2.75) is 45.4 Å². The van der Waals surface area contributed by atoms with Crippen molar-refractivity contribution in [2.75, 3.05) is 12.4 Å². The van der Waals surface area contributed by atoms with Gasteiger partial charge in [0.15, 0.2) is 0 Å². The van der Waals surface area contributed by atoms with Crippen LogP contribution in [0.5, 0.6) is 5.75 Å². The van der Waals surface area contributed by atoms with Crippen LogP contribution in [0.25, 0.3) is 0 Å². The van der Waals surface area contributed by atoms with Crippen molar-refractivity contribution in [1.82, 2.24) is 0 Å². The summed E-state index contributed by atoms with van der Waals surface area (Å²) in [7, 11) is 1.64. The molecule has 0 saturated heterocycles. The Bertz CT molecular complexity index is 833. The number of rotatable bonds is 4. The molecule has 0 aliphatic heterocycles. The van der Waals surface area contributed by atoms with E-state index in [9.17, 15) is 10.1 Å². The standard InChI is InChI=1S/C20H22N2O2S/c1-13-10-14(8-9-17(13)24-2)11-19(23)22-20-16(12-21)15-6-4-3-5-7-18(15)25-20/h8-10H,3-7,11H2,1-2H3,(H,22,23). The summed E-state index contributed by atoms with van der Waals surface area (Å²) < 4.78 is 5.25. The number of benzene rings is 1. The van der Waals surface area contributed by atoms with Gasteiger partial charge < -0.3 is 10.1 Å². The fourth-order valence-corrected chi connectivity index (χ4v) is 4.61. The first-order valence-electron chi connectivity index (χ1n) is 8.60. The Morgan fingerprint density at radius 1 is 1.32 bits per heavy atom. The summed E-state index contributed by atoms with van der Waals surface area (Å²) in [5.41, 5.74) is 3.77. The lowest BCUT2D eigenvalue weighted by atomic mass is 10.1. The van der Waals surface area contributed by atoms with Crippen LogP contribution in [0.3, 0.4) is 0 Å². The average molecular weight is 354 g/mol. The second-order valence-corrected chi connectivity index (χ2v) is 7.51. The molecule has 0 saturated carbocycles. The van der Waals surface area contributed by atoms with Gasteiger partial charge in [0.05, 0.1) is 19.1 Å². The van der Waals surface area contributed by atoms with Gasteiger partial charge in [0.25, 0.3) is 0 Å². The Balaban J connectivity index is 1.75. The third-order valence-corrected chi connectivity index (χ3v) is 5.82. The molecule has 0 unspecified atom stereocenters. The molecule has 1 amide bonds. The largest absolute Gasteiger partial charge is 0.496 e. The number of nitrogens with zero attached hydrogens (tertiary/aromatic N) is 1. The zero-order valence-corrected chi connectivity index (χ0v) is 15.5. The van der Waals surface area contributed by atoms with Crippen LogP contribution in [-0.4, -0.2) is 13.0 Å². The Kier molecular flexibility index (Phi) is 5.40. The van der Waals surface area contributed by atoms with E-state index in [1.54, 1.807) is 18.4 Å². The van der Waals surface area contributed by atoms with Gasteiger partial charge in [0.2, 0.25) is 5.91 Å². The van der Waals surface area contributed by atoms with Gasteiger partial charge in [-0.25, -0.2) is 0 Å². The smallest absolute Gasteiger partial charge is 0.229 e. The van der Waals surface area contributed by atoms with Crippen molar-refractivity contribution >= 4 is 22.2 Å². The van der Waals surface area contributed by atoms with Crippen molar-refractivity contribution in [3.05, 3.63) is 45.3 Å². The van der Waals surface area contributed by atoms with Gasteiger partial charge >= 0.3 is 0 Å². The number of aryl methyl sites for hydroxylation is 2. The number of anilines is 1. The third-order valence-electron chi connectivity index (χ3n) is 4.61. The predicted octanol–water partition coefficient (Wildman–Crippen LogP) is 4.39. The molecule has 0 bridgehead atoms. The normalized spacial score (nSPS) is 13.5. The van der Waals surface area contributed by atoms with E-state index in [2.05, 4.69) is 11.4 Å². The number of methoxy groups -OCH3 is 1. The van der Waals surface area contributed by atoms with Crippen LogP contribution in [0.4, 0.5) is 5.00 Å². The first-order valence-corrected chi connectivity index (χ1v) is 9.42. The molecule has 0 atom stereocenters. The number of carbonyl (C=O) groups is 1. The van der Waals surface area contributed by atoms with Gasteiger partial charge in [0, 0.05) is 4.88 Å². The molecular weight excluding hydrogens is 332 g/mol. The lowest BCUT2D eigenvalue weighted by molar-refractivity contribution is -0.115. The van der Waals surface area contributed by atoms with Gasteiger partial charge in [-0.3, -0.25) is 4.79 Å². The van der Waals surface area contributed by atoms with E-state index in [1.165, 1.54) is 11.3 Å². The maximum Gasteiger partial charge on any atom is 0.229 e. The number of hydrogen-bond donors (Lipinski definition) is 1. The van der Waals surface area contributed by atoms with Crippen molar-refractivity contribution in [3.8, 4) is 11.8 Å². The Hall–Kier alpha value is -2.32. The van der Waals surface area contributed by atoms with E-state index in [0.717, 1.165) is 48.1 Å². The maximum absolute atomic E-state index is 12.5. The Labute approximate surface area is 152 Å².